The number of morpholine rings is 1. The van der Waals surface area contributed by atoms with Gasteiger partial charge in [-0.2, -0.15) is 17.0 Å². The van der Waals surface area contributed by atoms with E-state index in [9.17, 15) is 8.42 Å². The van der Waals surface area contributed by atoms with E-state index in [1.54, 1.807) is 14.1 Å². The summed E-state index contributed by atoms with van der Waals surface area (Å²) in [6.45, 7) is 5.19. The summed E-state index contributed by atoms with van der Waals surface area (Å²) >= 11 is 0. The standard InChI is InChI=1S/C11H25N3O3S/c1-4-5-7-13(2)18(15,16)14(3)10-11-9-12-6-8-17-11/h11-12H,4-10H2,1-3H3. The van der Waals surface area contributed by atoms with Gasteiger partial charge in [0.2, 0.25) is 0 Å². The maximum atomic E-state index is 12.2. The van der Waals surface area contributed by atoms with Gasteiger partial charge in [-0.25, -0.2) is 0 Å². The summed E-state index contributed by atoms with van der Waals surface area (Å²) in [6.07, 6.45) is 1.81. The van der Waals surface area contributed by atoms with Crippen LogP contribution >= 0.6 is 0 Å². The predicted octanol–water partition coefficient (Wildman–Crippen LogP) is -0.117. The van der Waals surface area contributed by atoms with Crippen molar-refractivity contribution in [1.82, 2.24) is 13.9 Å². The molecule has 0 radical (unpaired) electrons. The molecule has 1 heterocycles. The van der Waals surface area contributed by atoms with Crippen LogP contribution in [0, 0.1) is 0 Å². The van der Waals surface area contributed by atoms with Crippen molar-refractivity contribution in [3.63, 3.8) is 0 Å². The first kappa shape index (κ1) is 15.8. The molecule has 0 spiro atoms. The van der Waals surface area contributed by atoms with Gasteiger partial charge < -0.3 is 10.1 Å². The molecule has 1 unspecified atom stereocenters. The van der Waals surface area contributed by atoms with E-state index < -0.39 is 10.2 Å². The topological polar surface area (TPSA) is 61.9 Å². The number of unbranched alkanes of at least 4 members (excludes halogenated alkanes) is 1. The van der Waals surface area contributed by atoms with E-state index in [2.05, 4.69) is 5.32 Å². The zero-order chi connectivity index (χ0) is 13.6. The summed E-state index contributed by atoms with van der Waals surface area (Å²) in [5.74, 6) is 0. The van der Waals surface area contributed by atoms with Gasteiger partial charge in [-0.05, 0) is 6.42 Å². The highest BCUT2D eigenvalue weighted by molar-refractivity contribution is 7.86. The molecule has 0 aliphatic carbocycles. The molecule has 0 aromatic rings. The van der Waals surface area contributed by atoms with Crippen LogP contribution in [0.25, 0.3) is 0 Å². The van der Waals surface area contributed by atoms with E-state index in [-0.39, 0.29) is 6.10 Å². The Labute approximate surface area is 110 Å². The van der Waals surface area contributed by atoms with Gasteiger partial charge in [-0.3, -0.25) is 0 Å². The second-order valence-electron chi connectivity index (χ2n) is 4.66. The third kappa shape index (κ3) is 4.47. The Morgan fingerprint density at radius 3 is 2.61 bits per heavy atom. The summed E-state index contributed by atoms with van der Waals surface area (Å²) < 4.78 is 32.7. The second kappa shape index (κ2) is 7.40. The molecule has 0 amide bonds. The van der Waals surface area contributed by atoms with Gasteiger partial charge in [0.15, 0.2) is 0 Å². The molecule has 1 rings (SSSR count). The number of nitrogens with zero attached hydrogens (tertiary/aromatic N) is 2. The monoisotopic (exact) mass is 279 g/mol. The lowest BCUT2D eigenvalue weighted by atomic mass is 10.3. The molecule has 108 valence electrons. The Hall–Kier alpha value is -0.210. The molecule has 18 heavy (non-hydrogen) atoms. The Morgan fingerprint density at radius 1 is 1.33 bits per heavy atom. The molecule has 1 aliphatic rings. The van der Waals surface area contributed by atoms with Crippen molar-refractivity contribution in [3.05, 3.63) is 0 Å². The van der Waals surface area contributed by atoms with Crippen LogP contribution in [0.3, 0.4) is 0 Å². The number of hydrogen-bond donors (Lipinski definition) is 1. The fourth-order valence-electron chi connectivity index (χ4n) is 1.85. The van der Waals surface area contributed by atoms with Gasteiger partial charge in [0.1, 0.15) is 0 Å². The molecule has 1 N–H and O–H groups in total. The van der Waals surface area contributed by atoms with Gasteiger partial charge in [-0.15, -0.1) is 0 Å². The van der Waals surface area contributed by atoms with Crippen molar-refractivity contribution in [2.24, 2.45) is 0 Å². The van der Waals surface area contributed by atoms with Gasteiger partial charge in [0.25, 0.3) is 10.2 Å². The summed E-state index contributed by atoms with van der Waals surface area (Å²) in [5.41, 5.74) is 0. The molecule has 0 bridgehead atoms. The third-order valence-corrected chi connectivity index (χ3v) is 4.99. The van der Waals surface area contributed by atoms with Crippen LogP contribution in [-0.2, 0) is 14.9 Å². The fourth-order valence-corrected chi connectivity index (χ4v) is 3.04. The highest BCUT2D eigenvalue weighted by Gasteiger charge is 2.26. The molecule has 1 aliphatic heterocycles. The molecule has 0 saturated carbocycles. The van der Waals surface area contributed by atoms with E-state index in [0.29, 0.717) is 26.2 Å². The highest BCUT2D eigenvalue weighted by atomic mass is 32.2. The molecule has 0 aromatic heterocycles. The van der Waals surface area contributed by atoms with E-state index in [1.807, 2.05) is 6.92 Å². The number of nitrogens with one attached hydrogen (secondary N) is 1. The van der Waals surface area contributed by atoms with Crippen molar-refractivity contribution < 1.29 is 13.2 Å². The van der Waals surface area contributed by atoms with Crippen molar-refractivity contribution >= 4 is 10.2 Å². The minimum absolute atomic E-state index is 0.0573. The largest absolute Gasteiger partial charge is 0.374 e. The number of rotatable bonds is 7. The van der Waals surface area contributed by atoms with Gasteiger partial charge >= 0.3 is 0 Å². The third-order valence-electron chi connectivity index (χ3n) is 3.08. The lowest BCUT2D eigenvalue weighted by Crippen LogP contribution is -2.48. The summed E-state index contributed by atoms with van der Waals surface area (Å²) in [4.78, 5) is 0. The van der Waals surface area contributed by atoms with Crippen LogP contribution in [-0.4, -0.2) is 70.0 Å². The van der Waals surface area contributed by atoms with Crippen molar-refractivity contribution in [3.8, 4) is 0 Å². The maximum Gasteiger partial charge on any atom is 0.281 e. The van der Waals surface area contributed by atoms with Crippen molar-refractivity contribution in [2.75, 3.05) is 46.9 Å². The molecule has 1 atom stereocenters. The van der Waals surface area contributed by atoms with Crippen molar-refractivity contribution in [1.29, 1.82) is 0 Å². The van der Waals surface area contributed by atoms with E-state index in [0.717, 1.165) is 19.4 Å². The minimum atomic E-state index is -3.35. The van der Waals surface area contributed by atoms with Crippen molar-refractivity contribution in [2.45, 2.75) is 25.9 Å². The molecular weight excluding hydrogens is 254 g/mol. The average Bonchev–Trinajstić information content (AvgIpc) is 2.36. The lowest BCUT2D eigenvalue weighted by molar-refractivity contribution is 0.0200. The summed E-state index contributed by atoms with van der Waals surface area (Å²) in [5, 5.41) is 3.20. The summed E-state index contributed by atoms with van der Waals surface area (Å²) in [6, 6.07) is 0. The zero-order valence-electron chi connectivity index (χ0n) is 11.6. The lowest BCUT2D eigenvalue weighted by Gasteiger charge is -2.30. The Balaban J connectivity index is 2.49. The fraction of sp³-hybridized carbons (Fsp3) is 1.00. The van der Waals surface area contributed by atoms with Crippen LogP contribution in [0.5, 0.6) is 0 Å². The molecule has 1 fully saturated rings. The SMILES string of the molecule is CCCCN(C)S(=O)(=O)N(C)CC1CNCCO1. The van der Waals surface area contributed by atoms with Crippen LogP contribution in [0.4, 0.5) is 0 Å². The smallest absolute Gasteiger partial charge is 0.281 e. The summed E-state index contributed by atoms with van der Waals surface area (Å²) in [7, 11) is -0.118. The first-order chi connectivity index (χ1) is 8.48. The maximum absolute atomic E-state index is 12.2. The normalized spacial score (nSPS) is 21.7. The van der Waals surface area contributed by atoms with Gasteiger partial charge in [0.05, 0.1) is 12.7 Å². The Bertz CT molecular complexity index is 328. The first-order valence-corrected chi connectivity index (χ1v) is 7.88. The van der Waals surface area contributed by atoms with Crippen LogP contribution in [0.1, 0.15) is 19.8 Å². The first-order valence-electron chi connectivity index (χ1n) is 6.48. The van der Waals surface area contributed by atoms with E-state index in [1.165, 1.54) is 8.61 Å². The van der Waals surface area contributed by atoms with E-state index >= 15 is 0 Å². The number of ether oxygens (including phenoxy) is 1. The number of likely N-dealkylation sites (N-methyl/N-ethyl adjacent to an activating group) is 1. The van der Waals surface area contributed by atoms with E-state index in [4.69, 9.17) is 4.74 Å². The molecular formula is C11H25N3O3S. The van der Waals surface area contributed by atoms with Crippen LogP contribution < -0.4 is 5.32 Å². The quantitative estimate of drug-likeness (QED) is 0.706. The number of hydrogen-bond acceptors (Lipinski definition) is 4. The molecule has 7 heteroatoms. The van der Waals surface area contributed by atoms with Crippen LogP contribution in [0.2, 0.25) is 0 Å². The zero-order valence-corrected chi connectivity index (χ0v) is 12.4. The highest BCUT2D eigenvalue weighted by Crippen LogP contribution is 2.08. The molecule has 6 nitrogen and oxygen atoms in total. The Kier molecular flexibility index (Phi) is 6.51. The second-order valence-corrected chi connectivity index (χ2v) is 6.80. The Morgan fingerprint density at radius 2 is 2.06 bits per heavy atom. The molecule has 0 aromatic carbocycles. The predicted molar refractivity (Wildman–Crippen MR) is 71.7 cm³/mol. The van der Waals surface area contributed by atoms with Crippen LogP contribution in [0.15, 0.2) is 0 Å². The molecule has 1 saturated heterocycles. The van der Waals surface area contributed by atoms with Gasteiger partial charge in [-0.1, -0.05) is 13.3 Å². The van der Waals surface area contributed by atoms with Gasteiger partial charge in [0, 0.05) is 40.3 Å². The average molecular weight is 279 g/mol. The minimum Gasteiger partial charge on any atom is -0.374 e.